The first-order valence-corrected chi connectivity index (χ1v) is 17.9. The zero-order chi connectivity index (χ0) is 35.4. The van der Waals surface area contributed by atoms with Crippen molar-refractivity contribution in [1.29, 1.82) is 0 Å². The number of nitrogens with zero attached hydrogens (tertiary/aromatic N) is 6. The van der Waals surface area contributed by atoms with Gasteiger partial charge in [0.2, 0.25) is 0 Å². The highest BCUT2D eigenvalue weighted by Gasteiger charge is 2.37. The van der Waals surface area contributed by atoms with Crippen LogP contribution < -0.4 is 20.7 Å². The second kappa shape index (κ2) is 13.4. The highest BCUT2D eigenvalue weighted by Crippen LogP contribution is 2.37. The van der Waals surface area contributed by atoms with Crippen LogP contribution >= 0.6 is 0 Å². The molecule has 8 rings (SSSR count). The predicted octanol–water partition coefficient (Wildman–Crippen LogP) is 4.63. The number of ether oxygens (including phenoxy) is 1. The first-order valence-electron chi connectivity index (χ1n) is 17.9. The van der Waals surface area contributed by atoms with Crippen LogP contribution in [0.25, 0.3) is 11.1 Å². The van der Waals surface area contributed by atoms with E-state index in [0.29, 0.717) is 58.8 Å². The van der Waals surface area contributed by atoms with Crippen molar-refractivity contribution in [3.63, 3.8) is 0 Å². The molecule has 4 aliphatic rings. The van der Waals surface area contributed by atoms with E-state index in [2.05, 4.69) is 38.2 Å². The van der Waals surface area contributed by atoms with Gasteiger partial charge in [-0.25, -0.2) is 9.37 Å². The number of aromatic nitrogens is 3. The quantitative estimate of drug-likeness (QED) is 0.258. The molecule has 2 fully saturated rings. The fourth-order valence-electron chi connectivity index (χ4n) is 8.30. The lowest BCUT2D eigenvalue weighted by Gasteiger charge is -2.50. The minimum atomic E-state index is -0.540. The third-order valence-corrected chi connectivity index (χ3v) is 11.1. The molecule has 0 aliphatic carbocycles. The summed E-state index contributed by atoms with van der Waals surface area (Å²) in [4.78, 5) is 38.3. The number of nitrogens with one attached hydrogen (secondary N) is 1. The first kappa shape index (κ1) is 33.4. The van der Waals surface area contributed by atoms with Crippen molar-refractivity contribution in [1.82, 2.24) is 19.0 Å². The van der Waals surface area contributed by atoms with Crippen LogP contribution in [0.1, 0.15) is 47.1 Å². The Hall–Kier alpha value is -4.78. The van der Waals surface area contributed by atoms with Crippen molar-refractivity contribution in [2.45, 2.75) is 63.9 Å². The van der Waals surface area contributed by atoms with Crippen LogP contribution in [0.5, 0.6) is 0 Å². The minimum Gasteiger partial charge on any atom is -0.392 e. The maximum atomic E-state index is 15.4. The smallest absolute Gasteiger partial charge is 0.274 e. The maximum Gasteiger partial charge on any atom is 0.274 e. The van der Waals surface area contributed by atoms with Gasteiger partial charge in [0.1, 0.15) is 17.3 Å². The van der Waals surface area contributed by atoms with E-state index in [-0.39, 0.29) is 23.2 Å². The molecule has 0 radical (unpaired) electrons. The maximum absolute atomic E-state index is 15.4. The molecule has 0 bridgehead atoms. The van der Waals surface area contributed by atoms with Crippen molar-refractivity contribution in [3.05, 3.63) is 100 Å². The van der Waals surface area contributed by atoms with Crippen molar-refractivity contribution >= 4 is 28.8 Å². The van der Waals surface area contributed by atoms with E-state index < -0.39 is 12.4 Å². The SMILES string of the molecule is C=CC1CN(C2COC2)C(C)CN1c1ccc(Nc2cc(-c3cc(F)cc(N4CCc5c(cc6n5CCCC6)C4=O)c3CO)cn(C)c2=O)nc1. The number of aliphatic hydroxyl groups excluding tert-OH is 1. The van der Waals surface area contributed by atoms with Gasteiger partial charge in [-0.15, -0.1) is 6.58 Å². The minimum absolute atomic E-state index is 0.124. The molecule has 1 amide bonds. The standard InChI is InChI=1S/C39H44FN7O4/c1-4-27-20-46(30-22-51-23-30)24(2)18-47(27)29-8-9-37(41-17-29)42-34-13-25(19-43(3)39(34)50)31-14-26(40)15-36(33(31)21-48)45-12-10-35-32(38(45)49)16-28-7-5-6-11-44(28)35/h4,8-9,13-17,19,24,27,30,48H,1,5-7,10-12,18,20-23H2,2-3H3,(H,41,42). The van der Waals surface area contributed by atoms with E-state index in [1.807, 2.05) is 24.3 Å². The Labute approximate surface area is 296 Å². The number of halogens is 1. The highest BCUT2D eigenvalue weighted by atomic mass is 19.1. The number of carbonyl (C=O) groups is 1. The molecule has 11 nitrogen and oxygen atoms in total. The number of pyridine rings is 2. The summed E-state index contributed by atoms with van der Waals surface area (Å²) in [5.74, 6) is -0.249. The molecule has 0 spiro atoms. The lowest BCUT2D eigenvalue weighted by molar-refractivity contribution is -0.0818. The van der Waals surface area contributed by atoms with Gasteiger partial charge in [0.05, 0.1) is 55.0 Å². The molecule has 1 aromatic carbocycles. The van der Waals surface area contributed by atoms with E-state index in [0.717, 1.165) is 63.5 Å². The Morgan fingerprint density at radius 3 is 2.65 bits per heavy atom. The molecule has 7 heterocycles. The number of benzene rings is 1. The van der Waals surface area contributed by atoms with Crippen LogP contribution in [0.2, 0.25) is 0 Å². The Balaban J connectivity index is 1.07. The molecule has 2 N–H and O–H groups in total. The molecule has 51 heavy (non-hydrogen) atoms. The van der Waals surface area contributed by atoms with Gasteiger partial charge in [-0.2, -0.15) is 0 Å². The summed E-state index contributed by atoms with van der Waals surface area (Å²) < 4.78 is 24.6. The number of piperazine rings is 1. The molecular weight excluding hydrogens is 649 g/mol. The average Bonchev–Trinajstić information content (AvgIpc) is 3.50. The van der Waals surface area contributed by atoms with Crippen molar-refractivity contribution in [2.24, 2.45) is 7.05 Å². The fourth-order valence-corrected chi connectivity index (χ4v) is 8.30. The van der Waals surface area contributed by atoms with Gasteiger partial charge < -0.3 is 34.1 Å². The summed E-state index contributed by atoms with van der Waals surface area (Å²) in [6, 6.07) is 11.0. The summed E-state index contributed by atoms with van der Waals surface area (Å²) in [5, 5.41) is 13.9. The first-order chi connectivity index (χ1) is 24.7. The molecule has 2 unspecified atom stereocenters. The number of amides is 1. The van der Waals surface area contributed by atoms with Crippen molar-refractivity contribution in [2.75, 3.05) is 48.0 Å². The number of aliphatic hydroxyl groups is 1. The zero-order valence-electron chi connectivity index (χ0n) is 29.1. The third kappa shape index (κ3) is 5.94. The zero-order valence-corrected chi connectivity index (χ0v) is 29.1. The van der Waals surface area contributed by atoms with Crippen molar-refractivity contribution in [3.8, 4) is 11.1 Å². The van der Waals surface area contributed by atoms with Gasteiger partial charge >= 0.3 is 0 Å². The average molecular weight is 694 g/mol. The highest BCUT2D eigenvalue weighted by molar-refractivity contribution is 6.09. The number of hydrogen-bond donors (Lipinski definition) is 2. The molecule has 12 heteroatoms. The molecule has 3 aromatic heterocycles. The molecule has 266 valence electrons. The van der Waals surface area contributed by atoms with Gasteiger partial charge in [-0.3, -0.25) is 14.5 Å². The van der Waals surface area contributed by atoms with Gasteiger partial charge in [0.25, 0.3) is 11.5 Å². The topological polar surface area (TPSA) is 108 Å². The lowest BCUT2D eigenvalue weighted by atomic mass is 9.96. The lowest BCUT2D eigenvalue weighted by Crippen LogP contribution is -2.63. The monoisotopic (exact) mass is 693 g/mol. The van der Waals surface area contributed by atoms with E-state index >= 15 is 4.39 Å². The van der Waals surface area contributed by atoms with Crippen LogP contribution in [0.3, 0.4) is 0 Å². The number of carbonyl (C=O) groups excluding carboxylic acids is 1. The van der Waals surface area contributed by atoms with Crippen LogP contribution in [-0.4, -0.2) is 81.0 Å². The Bertz CT molecular complexity index is 2050. The summed E-state index contributed by atoms with van der Waals surface area (Å²) >= 11 is 0. The van der Waals surface area contributed by atoms with Gasteiger partial charge in [-0.05, 0) is 68.1 Å². The fraction of sp³-hybridized carbons (Fsp3) is 0.410. The summed E-state index contributed by atoms with van der Waals surface area (Å²) in [5.41, 5.74) is 5.46. The van der Waals surface area contributed by atoms with Crippen LogP contribution in [-0.2, 0) is 37.8 Å². The number of fused-ring (bicyclic) bond motifs is 3. The van der Waals surface area contributed by atoms with Gasteiger partial charge in [0.15, 0.2) is 0 Å². The molecule has 2 saturated heterocycles. The van der Waals surface area contributed by atoms with Crippen LogP contribution in [0.4, 0.5) is 27.3 Å². The third-order valence-electron chi connectivity index (χ3n) is 11.1. The van der Waals surface area contributed by atoms with Crippen LogP contribution in [0, 0.1) is 5.82 Å². The number of aryl methyl sites for hydroxylation is 2. The molecular formula is C39H44FN7O4. The molecule has 4 aliphatic heterocycles. The van der Waals surface area contributed by atoms with E-state index in [1.54, 1.807) is 30.4 Å². The number of anilines is 4. The largest absolute Gasteiger partial charge is 0.392 e. The summed E-state index contributed by atoms with van der Waals surface area (Å²) in [7, 11) is 1.63. The van der Waals surface area contributed by atoms with E-state index in [9.17, 15) is 14.7 Å². The van der Waals surface area contributed by atoms with Crippen molar-refractivity contribution < 1.29 is 19.0 Å². The second-order valence-electron chi connectivity index (χ2n) is 14.2. The molecule has 2 atom stereocenters. The number of rotatable bonds is 8. The molecule has 4 aromatic rings. The van der Waals surface area contributed by atoms with E-state index in [4.69, 9.17) is 4.74 Å². The summed E-state index contributed by atoms with van der Waals surface area (Å²) in [6.07, 6.45) is 9.18. The predicted molar refractivity (Wildman–Crippen MR) is 195 cm³/mol. The molecule has 0 saturated carbocycles. The Morgan fingerprint density at radius 1 is 1.08 bits per heavy atom. The van der Waals surface area contributed by atoms with Gasteiger partial charge in [-0.1, -0.05) is 6.08 Å². The summed E-state index contributed by atoms with van der Waals surface area (Å²) in [6.45, 7) is 10.4. The Morgan fingerprint density at radius 2 is 1.92 bits per heavy atom. The second-order valence-corrected chi connectivity index (χ2v) is 14.2. The Kier molecular flexibility index (Phi) is 8.77. The number of hydrogen-bond acceptors (Lipinski definition) is 8. The van der Waals surface area contributed by atoms with Crippen LogP contribution in [0.15, 0.2) is 66.2 Å². The van der Waals surface area contributed by atoms with E-state index in [1.165, 1.54) is 22.4 Å². The van der Waals surface area contributed by atoms with Gasteiger partial charge in [0, 0.05) is 74.4 Å². The normalized spacial score (nSPS) is 20.9.